The van der Waals surface area contributed by atoms with Crippen molar-refractivity contribution < 1.29 is 110 Å². The number of ether oxygens (including phenoxy) is 16. The Bertz CT molecular complexity index is 2760. The molecule has 2 aliphatic carbocycles. The van der Waals surface area contributed by atoms with E-state index in [0.29, 0.717) is 25.6 Å². The Kier molecular flexibility index (Phi) is 19.0. The van der Waals surface area contributed by atoms with E-state index in [4.69, 9.17) is 96.8 Å². The second-order valence-corrected chi connectivity index (χ2v) is 27.4. The molecule has 84 heavy (non-hydrogen) atoms. The van der Waals surface area contributed by atoms with Gasteiger partial charge < -0.3 is 80.9 Å². The second-order valence-electron chi connectivity index (χ2n) is 25.8. The summed E-state index contributed by atoms with van der Waals surface area (Å²) in [6.45, 7) is 24.7. The Morgan fingerprint density at radius 3 is 1.50 bits per heavy atom. The van der Waals surface area contributed by atoms with E-state index in [1.54, 1.807) is 13.8 Å². The molecular formula is C58H83O24S2-. The molecule has 13 rings (SSSR count). The molecule has 2 unspecified atom stereocenters. The maximum Gasteiger partial charge on any atom is 0.425 e. The predicted octanol–water partition coefficient (Wildman–Crippen LogP) is 5.39. The van der Waals surface area contributed by atoms with Crippen molar-refractivity contribution in [1.29, 1.82) is 0 Å². The molecule has 0 radical (unpaired) electrons. The molecule has 0 aromatic heterocycles. The SMILES string of the molecule is CC1(C)OC[C@@H]2CC[C@H]3OC(C)(C)O[C@H]3[C@@H]2O1.CC1(C)OC[C@@H]2[C@@H](C[C@@H]3OC(c4ccccc4)O[C@H]([C@H]4COC(C)(C)O4)[C@@H]3[O-])C[C@H]3OC(C)(C)O[C@H]3[C@@H]2O1.CC1(C)OC[C@H]([C@H]2OC(c3ccccc3)O[C@H]3COS(=O)(=O)O[C@@H]23)O1.O=S(=O)=O. The van der Waals surface area contributed by atoms with Crippen molar-refractivity contribution in [2.24, 2.45) is 17.8 Å². The summed E-state index contributed by atoms with van der Waals surface area (Å²) in [7, 11) is -7.19. The van der Waals surface area contributed by atoms with Gasteiger partial charge in [0.15, 0.2) is 47.3 Å². The van der Waals surface area contributed by atoms with Crippen LogP contribution in [0, 0.1) is 17.8 Å². The lowest BCUT2D eigenvalue weighted by atomic mass is 9.71. The molecule has 2 aromatic carbocycles. The molecule has 472 valence electrons. The predicted molar refractivity (Wildman–Crippen MR) is 287 cm³/mol. The van der Waals surface area contributed by atoms with Crippen LogP contribution in [0.1, 0.15) is 132 Å². The summed E-state index contributed by atoms with van der Waals surface area (Å²) in [5.41, 5.74) is 1.69. The van der Waals surface area contributed by atoms with Crippen molar-refractivity contribution in [3.8, 4) is 0 Å². The van der Waals surface area contributed by atoms with Crippen molar-refractivity contribution in [1.82, 2.24) is 0 Å². The van der Waals surface area contributed by atoms with Gasteiger partial charge in [-0.1, -0.05) is 66.8 Å². The summed E-state index contributed by atoms with van der Waals surface area (Å²) in [5, 5.41) is 13.9. The van der Waals surface area contributed by atoms with Crippen molar-refractivity contribution >= 4 is 21.0 Å². The zero-order valence-corrected chi connectivity index (χ0v) is 51.4. The van der Waals surface area contributed by atoms with Gasteiger partial charge in [-0.25, -0.2) is 8.37 Å². The van der Waals surface area contributed by atoms with Crippen LogP contribution < -0.4 is 5.11 Å². The lowest BCUT2D eigenvalue weighted by Gasteiger charge is -2.52. The summed E-state index contributed by atoms with van der Waals surface area (Å²) < 4.78 is 155. The van der Waals surface area contributed by atoms with E-state index >= 15 is 0 Å². The van der Waals surface area contributed by atoms with Gasteiger partial charge in [0.1, 0.15) is 42.7 Å². The fraction of sp³-hybridized carbons (Fsp3) is 0.793. The van der Waals surface area contributed by atoms with Crippen LogP contribution >= 0.6 is 0 Å². The topological polar surface area (TPSA) is 275 Å². The van der Waals surface area contributed by atoms with Gasteiger partial charge in [0.2, 0.25) is 0 Å². The van der Waals surface area contributed by atoms with E-state index in [9.17, 15) is 13.5 Å². The second kappa shape index (κ2) is 24.9. The third-order valence-electron chi connectivity index (χ3n) is 16.7. The van der Waals surface area contributed by atoms with E-state index < -0.39 is 117 Å². The van der Waals surface area contributed by atoms with Crippen LogP contribution in [-0.4, -0.2) is 174 Å². The summed E-state index contributed by atoms with van der Waals surface area (Å²) in [6.07, 6.45) is -3.60. The molecule has 9 aliphatic heterocycles. The van der Waals surface area contributed by atoms with Crippen LogP contribution in [0.15, 0.2) is 60.7 Å². The highest BCUT2D eigenvalue weighted by atomic mass is 32.3. The van der Waals surface area contributed by atoms with Crippen LogP contribution in [0.5, 0.6) is 0 Å². The molecule has 0 bridgehead atoms. The van der Waals surface area contributed by atoms with Gasteiger partial charge in [-0.2, -0.15) is 8.42 Å². The van der Waals surface area contributed by atoms with Crippen molar-refractivity contribution in [2.75, 3.05) is 33.0 Å². The fourth-order valence-corrected chi connectivity index (χ4v) is 14.0. The average Bonchev–Trinajstić information content (AvgIpc) is 3.92. The number of rotatable bonds is 6. The monoisotopic (exact) mass is 1230 g/mol. The van der Waals surface area contributed by atoms with Gasteiger partial charge in [0.25, 0.3) is 0 Å². The molecular weight excluding hydrogens is 1140 g/mol. The Labute approximate surface area is 493 Å². The van der Waals surface area contributed by atoms with Crippen LogP contribution in [0.2, 0.25) is 0 Å². The zero-order valence-electron chi connectivity index (χ0n) is 49.7. The van der Waals surface area contributed by atoms with Gasteiger partial charge in [0, 0.05) is 23.0 Å². The van der Waals surface area contributed by atoms with E-state index in [1.807, 2.05) is 130 Å². The smallest absolute Gasteiger partial charge is 0.425 e. The molecule has 26 heteroatoms. The number of hydrogen-bond donors (Lipinski definition) is 0. The summed E-state index contributed by atoms with van der Waals surface area (Å²) in [4.78, 5) is 0. The maximum atomic E-state index is 13.9. The van der Waals surface area contributed by atoms with E-state index in [2.05, 4.69) is 0 Å². The quantitative estimate of drug-likeness (QED) is 0.350. The molecule has 11 aliphatic rings. The van der Waals surface area contributed by atoms with Crippen LogP contribution in [0.3, 0.4) is 0 Å². The minimum Gasteiger partial charge on any atom is -0.848 e. The summed E-state index contributed by atoms with van der Waals surface area (Å²) in [6, 6.07) is 19.1. The highest BCUT2D eigenvalue weighted by Crippen LogP contribution is 2.50. The first-order valence-electron chi connectivity index (χ1n) is 29.0. The first-order chi connectivity index (χ1) is 39.3. The first kappa shape index (κ1) is 64.2. The normalized spacial score (nSPS) is 42.2. The Balaban J connectivity index is 0.000000146. The fourth-order valence-electron chi connectivity index (χ4n) is 13.2. The van der Waals surface area contributed by atoms with Crippen molar-refractivity contribution in [3.63, 3.8) is 0 Å². The van der Waals surface area contributed by atoms with Crippen LogP contribution in [0.4, 0.5) is 0 Å². The number of hydrogen-bond acceptors (Lipinski definition) is 24. The molecule has 24 nitrogen and oxygen atoms in total. The highest BCUT2D eigenvalue weighted by molar-refractivity contribution is 7.81. The lowest BCUT2D eigenvalue weighted by molar-refractivity contribution is -0.497. The molecule has 0 amide bonds. The molecule has 2 saturated carbocycles. The van der Waals surface area contributed by atoms with Gasteiger partial charge in [-0.05, 0) is 115 Å². The van der Waals surface area contributed by atoms with Gasteiger partial charge in [-0.3, -0.25) is 0 Å². The molecule has 11 fully saturated rings. The lowest BCUT2D eigenvalue weighted by Crippen LogP contribution is -2.62. The van der Waals surface area contributed by atoms with Crippen LogP contribution in [0.25, 0.3) is 0 Å². The number of benzene rings is 2. The molecule has 0 N–H and O–H groups in total. The Morgan fingerprint density at radius 1 is 0.464 bits per heavy atom. The van der Waals surface area contributed by atoms with Gasteiger partial charge in [0.05, 0.1) is 69.7 Å². The maximum absolute atomic E-state index is 13.9. The summed E-state index contributed by atoms with van der Waals surface area (Å²) in [5.74, 6) is -3.32. The molecule has 2 aromatic rings. The Morgan fingerprint density at radius 2 is 0.929 bits per heavy atom. The minimum absolute atomic E-state index is 0.0547. The van der Waals surface area contributed by atoms with Crippen molar-refractivity contribution in [3.05, 3.63) is 71.8 Å². The van der Waals surface area contributed by atoms with Gasteiger partial charge in [-0.15, -0.1) is 12.6 Å². The molecule has 9 saturated heterocycles. The minimum atomic E-state index is -4.08. The largest absolute Gasteiger partial charge is 0.848 e. The standard InChI is InChI=1S/C29H41O9.C16H20O8S.C13H22O4.O3S/c1-27(2)32-15-21(36-27)24-22(30)19(33-26(34-24)16-10-8-7-9-11-16)12-17-13-20-25(38-29(5,6)35-20)23-18(17)14-31-28(3,4)37-23;1-16(2)19-8-12(23-16)13-14-11(9-20-25(17,18)24-14)21-15(22-13)10-6-4-3-5-7-10;1-12(2)14-7-8-5-6-9-11(10(8)16-12)17-13(3,4)15-9;1-4(2)3/h7-11,17-26H,12-15H2,1-6H3;3-7,11-15H,8-9H2,1-2H3;8-11H,5-7H2,1-4H3;/q-1;;;/t17-,18+,19-,20+,21+,22+,23+,24+,25+,26?;11-,12+,13+,14+,15?;8-,9+,10+,11+;/m000./s1. The third-order valence-corrected chi connectivity index (χ3v) is 17.5. The first-order valence-corrected chi connectivity index (χ1v) is 31.4. The zero-order chi connectivity index (χ0) is 60.4. The molecule has 0 spiro atoms. The third kappa shape index (κ3) is 15.4. The van der Waals surface area contributed by atoms with E-state index in [-0.39, 0.29) is 61.7 Å². The van der Waals surface area contributed by atoms with E-state index in [0.717, 1.165) is 37.0 Å². The average molecular weight is 1230 g/mol. The summed E-state index contributed by atoms with van der Waals surface area (Å²) >= 11 is 0. The van der Waals surface area contributed by atoms with Gasteiger partial charge >= 0.3 is 21.0 Å². The van der Waals surface area contributed by atoms with Crippen molar-refractivity contribution in [2.45, 2.75) is 242 Å². The highest BCUT2D eigenvalue weighted by Gasteiger charge is 2.59. The molecule has 9 heterocycles. The van der Waals surface area contributed by atoms with E-state index in [1.165, 1.54) is 0 Å². The Hall–Kier alpha value is -2.75. The number of fused-ring (bicyclic) bond motifs is 7. The van der Waals surface area contributed by atoms with Crippen LogP contribution in [-0.2, 0) is 105 Å². The molecule has 19 atom stereocenters.